The number of carbonyl (C=O) groups is 2. The zero-order valence-electron chi connectivity index (χ0n) is 13.9. The number of benzene rings is 2. The van der Waals surface area contributed by atoms with Gasteiger partial charge in [-0.3, -0.25) is 4.79 Å². The van der Waals surface area contributed by atoms with Crippen LogP contribution in [-0.2, 0) is 4.79 Å². The van der Waals surface area contributed by atoms with E-state index in [9.17, 15) is 9.59 Å². The van der Waals surface area contributed by atoms with Crippen LogP contribution in [0, 0.1) is 5.92 Å². The Morgan fingerprint density at radius 3 is 2.62 bits per heavy atom. The number of nitrogens with zero attached hydrogens (tertiary/aromatic N) is 2. The van der Waals surface area contributed by atoms with E-state index >= 15 is 0 Å². The lowest BCUT2D eigenvalue weighted by molar-refractivity contribution is -0.121. The van der Waals surface area contributed by atoms with E-state index in [1.54, 1.807) is 12.1 Å². The fraction of sp³-hybridized carbons (Fsp3) is 0.158. The number of aromatic nitrogens is 1. The van der Waals surface area contributed by atoms with E-state index < -0.39 is 5.97 Å². The zero-order valence-corrected chi connectivity index (χ0v) is 13.9. The number of carbonyl (C=O) groups excluding carboxylic acids is 1. The molecule has 1 unspecified atom stereocenters. The Morgan fingerprint density at radius 1 is 1.19 bits per heavy atom. The lowest BCUT2D eigenvalue weighted by atomic mass is 9.94. The first kappa shape index (κ1) is 16.0. The van der Waals surface area contributed by atoms with E-state index in [1.807, 2.05) is 25.1 Å². The molecule has 2 heterocycles. The average Bonchev–Trinajstić information content (AvgIpc) is 3.05. The molecule has 2 aromatic carbocycles. The number of rotatable bonds is 3. The molecule has 130 valence electrons. The van der Waals surface area contributed by atoms with E-state index in [1.165, 1.54) is 12.1 Å². The third-order valence-electron chi connectivity index (χ3n) is 4.32. The van der Waals surface area contributed by atoms with Crippen molar-refractivity contribution in [3.8, 4) is 11.5 Å². The molecule has 1 aliphatic rings. The van der Waals surface area contributed by atoms with Gasteiger partial charge >= 0.3 is 5.97 Å². The highest BCUT2D eigenvalue weighted by Crippen LogP contribution is 2.27. The number of carboxylic acid groups (broad SMARTS) is 1. The van der Waals surface area contributed by atoms with Crippen LogP contribution in [0.15, 0.2) is 52.0 Å². The van der Waals surface area contributed by atoms with Crippen molar-refractivity contribution in [2.24, 2.45) is 11.0 Å². The Kier molecular flexibility index (Phi) is 3.76. The van der Waals surface area contributed by atoms with Crippen LogP contribution < -0.4 is 5.43 Å². The van der Waals surface area contributed by atoms with Gasteiger partial charge in [0, 0.05) is 23.5 Å². The Bertz CT molecular complexity index is 1050. The zero-order chi connectivity index (χ0) is 18.3. The minimum atomic E-state index is -0.978. The molecule has 0 aliphatic carbocycles. The van der Waals surface area contributed by atoms with Crippen LogP contribution in [0.1, 0.15) is 29.3 Å². The van der Waals surface area contributed by atoms with Crippen LogP contribution in [0.4, 0.5) is 0 Å². The highest BCUT2D eigenvalue weighted by atomic mass is 16.4. The summed E-state index contributed by atoms with van der Waals surface area (Å²) in [5.74, 6) is -0.629. The van der Waals surface area contributed by atoms with Crippen molar-refractivity contribution in [1.82, 2.24) is 10.4 Å². The number of hydrogen-bond donors (Lipinski definition) is 2. The number of nitrogens with one attached hydrogen (secondary N) is 1. The predicted molar refractivity (Wildman–Crippen MR) is 94.9 cm³/mol. The van der Waals surface area contributed by atoms with Gasteiger partial charge in [0.2, 0.25) is 11.8 Å². The van der Waals surface area contributed by atoms with Crippen molar-refractivity contribution < 1.29 is 19.1 Å². The van der Waals surface area contributed by atoms with E-state index in [4.69, 9.17) is 9.52 Å². The van der Waals surface area contributed by atoms with Gasteiger partial charge in [0.25, 0.3) is 0 Å². The largest absolute Gasteiger partial charge is 0.478 e. The number of fused-ring (bicyclic) bond motifs is 1. The van der Waals surface area contributed by atoms with Crippen molar-refractivity contribution >= 4 is 28.7 Å². The first-order valence-corrected chi connectivity index (χ1v) is 8.12. The van der Waals surface area contributed by atoms with Gasteiger partial charge in [-0.05, 0) is 36.4 Å². The minimum absolute atomic E-state index is 0.0205. The van der Waals surface area contributed by atoms with Crippen LogP contribution in [0.2, 0.25) is 0 Å². The Hall–Kier alpha value is -3.48. The van der Waals surface area contributed by atoms with Crippen LogP contribution in [0.3, 0.4) is 0 Å². The second kappa shape index (κ2) is 6.11. The van der Waals surface area contributed by atoms with Gasteiger partial charge in [-0.1, -0.05) is 13.0 Å². The predicted octanol–water partition coefficient (Wildman–Crippen LogP) is 3.05. The first-order valence-electron chi connectivity index (χ1n) is 8.12. The fourth-order valence-corrected chi connectivity index (χ4v) is 2.97. The SMILES string of the molecule is CC1CC(=O)NN=C1c1ccc2nc(-c3ccc(C(=O)O)cc3)oc2c1. The second-order valence-electron chi connectivity index (χ2n) is 6.22. The number of hydrogen-bond acceptors (Lipinski definition) is 5. The van der Waals surface area contributed by atoms with Gasteiger partial charge in [-0.25, -0.2) is 15.2 Å². The maximum Gasteiger partial charge on any atom is 0.335 e. The van der Waals surface area contributed by atoms with Crippen molar-refractivity contribution in [3.05, 3.63) is 53.6 Å². The monoisotopic (exact) mass is 349 g/mol. The Morgan fingerprint density at radius 2 is 1.92 bits per heavy atom. The third-order valence-corrected chi connectivity index (χ3v) is 4.32. The van der Waals surface area contributed by atoms with Gasteiger partial charge < -0.3 is 9.52 Å². The molecule has 0 spiro atoms. The molecule has 0 saturated heterocycles. The lowest BCUT2D eigenvalue weighted by Gasteiger charge is -2.18. The highest BCUT2D eigenvalue weighted by Gasteiger charge is 2.22. The quantitative estimate of drug-likeness (QED) is 0.756. The molecule has 2 N–H and O–H groups in total. The van der Waals surface area contributed by atoms with Crippen molar-refractivity contribution in [2.75, 3.05) is 0 Å². The number of aromatic carboxylic acids is 1. The first-order chi connectivity index (χ1) is 12.5. The molecule has 0 bridgehead atoms. The van der Waals surface area contributed by atoms with Crippen molar-refractivity contribution in [3.63, 3.8) is 0 Å². The minimum Gasteiger partial charge on any atom is -0.478 e. The van der Waals surface area contributed by atoms with Gasteiger partial charge in [0.15, 0.2) is 5.58 Å². The molecule has 0 fully saturated rings. The normalized spacial score (nSPS) is 17.0. The number of hydrazone groups is 1. The molecular weight excluding hydrogens is 334 g/mol. The molecule has 4 rings (SSSR count). The number of amides is 1. The molecule has 1 aromatic heterocycles. The highest BCUT2D eigenvalue weighted by molar-refractivity contribution is 6.07. The Balaban J connectivity index is 1.70. The summed E-state index contributed by atoms with van der Waals surface area (Å²) in [5.41, 5.74) is 6.38. The summed E-state index contributed by atoms with van der Waals surface area (Å²) >= 11 is 0. The number of oxazole rings is 1. The van der Waals surface area contributed by atoms with Crippen LogP contribution >= 0.6 is 0 Å². The molecule has 3 aromatic rings. The van der Waals surface area contributed by atoms with Crippen LogP contribution in [0.25, 0.3) is 22.6 Å². The summed E-state index contributed by atoms with van der Waals surface area (Å²) in [7, 11) is 0. The van der Waals surface area contributed by atoms with Crippen LogP contribution in [0.5, 0.6) is 0 Å². The summed E-state index contributed by atoms with van der Waals surface area (Å²) < 4.78 is 5.84. The molecule has 1 aliphatic heterocycles. The number of carboxylic acids is 1. The van der Waals surface area contributed by atoms with E-state index in [2.05, 4.69) is 15.5 Å². The molecule has 0 radical (unpaired) electrons. The summed E-state index contributed by atoms with van der Waals surface area (Å²) in [6.45, 7) is 1.96. The lowest BCUT2D eigenvalue weighted by Crippen LogP contribution is -2.31. The standard InChI is InChI=1S/C19H15N3O4/c1-10-8-16(23)21-22-17(10)13-6-7-14-15(9-13)26-18(20-14)11-2-4-12(5-3-11)19(24)25/h2-7,9-10H,8H2,1H3,(H,21,23)(H,24,25). The van der Waals surface area contributed by atoms with E-state index in [-0.39, 0.29) is 17.4 Å². The smallest absolute Gasteiger partial charge is 0.335 e. The van der Waals surface area contributed by atoms with Crippen molar-refractivity contribution in [2.45, 2.75) is 13.3 Å². The van der Waals surface area contributed by atoms with E-state index in [0.29, 0.717) is 29.0 Å². The van der Waals surface area contributed by atoms with Gasteiger partial charge in [-0.2, -0.15) is 5.10 Å². The topological polar surface area (TPSA) is 105 Å². The summed E-state index contributed by atoms with van der Waals surface area (Å²) in [5, 5.41) is 13.1. The average molecular weight is 349 g/mol. The maximum absolute atomic E-state index is 11.4. The molecule has 7 nitrogen and oxygen atoms in total. The molecule has 1 atom stereocenters. The molecular formula is C19H15N3O4. The summed E-state index contributed by atoms with van der Waals surface area (Å²) in [6, 6.07) is 11.9. The van der Waals surface area contributed by atoms with E-state index in [0.717, 1.165) is 11.3 Å². The fourth-order valence-electron chi connectivity index (χ4n) is 2.97. The van der Waals surface area contributed by atoms with Crippen LogP contribution in [-0.4, -0.2) is 27.7 Å². The summed E-state index contributed by atoms with van der Waals surface area (Å²) in [6.07, 6.45) is 0.397. The maximum atomic E-state index is 11.4. The summed E-state index contributed by atoms with van der Waals surface area (Å²) in [4.78, 5) is 26.8. The van der Waals surface area contributed by atoms with Gasteiger partial charge in [0.1, 0.15) is 5.52 Å². The van der Waals surface area contributed by atoms with Gasteiger partial charge in [0.05, 0.1) is 11.3 Å². The third kappa shape index (κ3) is 2.83. The molecule has 1 amide bonds. The molecule has 26 heavy (non-hydrogen) atoms. The van der Waals surface area contributed by atoms with Gasteiger partial charge in [-0.15, -0.1) is 0 Å². The second-order valence-corrected chi connectivity index (χ2v) is 6.22. The molecule has 7 heteroatoms. The molecule has 0 saturated carbocycles. The van der Waals surface area contributed by atoms with Crippen molar-refractivity contribution in [1.29, 1.82) is 0 Å². The Labute approximate surface area is 148 Å².